The first-order valence-electron chi connectivity index (χ1n) is 11.2. The van der Waals surface area contributed by atoms with Crippen molar-refractivity contribution >= 4 is 40.9 Å². The van der Waals surface area contributed by atoms with Gasteiger partial charge in [-0.25, -0.2) is 0 Å². The minimum Gasteiger partial charge on any atom is -0.454 e. The Morgan fingerprint density at radius 3 is 2.72 bits per heavy atom. The van der Waals surface area contributed by atoms with Crippen LogP contribution in [0.15, 0.2) is 65.8 Å². The molecular weight excluding hydrogens is 519 g/mol. The average molecular weight is 541 g/mol. The lowest BCUT2D eigenvalue weighted by molar-refractivity contribution is 0.0937. The summed E-state index contributed by atoms with van der Waals surface area (Å²) in [5.41, 5.74) is 3.49. The zero-order valence-corrected chi connectivity index (χ0v) is 21.8. The molecule has 1 N–H and O–H groups in total. The lowest BCUT2D eigenvalue weighted by Crippen LogP contribution is -2.28. The molecule has 0 fully saturated rings. The zero-order chi connectivity index (χ0) is 25.2. The maximum atomic E-state index is 13.0. The van der Waals surface area contributed by atoms with Crippen LogP contribution < -0.4 is 14.8 Å². The van der Waals surface area contributed by atoms with Crippen LogP contribution in [0.1, 0.15) is 40.3 Å². The highest BCUT2D eigenvalue weighted by Gasteiger charge is 2.24. The van der Waals surface area contributed by atoms with E-state index in [4.69, 9.17) is 32.7 Å². The number of aromatic nitrogens is 3. The number of thioether (sulfide) groups is 1. The largest absolute Gasteiger partial charge is 0.454 e. The van der Waals surface area contributed by atoms with Gasteiger partial charge in [-0.3, -0.25) is 9.36 Å². The number of ether oxygens (including phenoxy) is 2. The van der Waals surface area contributed by atoms with Crippen molar-refractivity contribution in [3.05, 3.63) is 93.2 Å². The normalized spacial score (nSPS) is 13.0. The van der Waals surface area contributed by atoms with Gasteiger partial charge in [0.2, 0.25) is 6.79 Å². The monoisotopic (exact) mass is 540 g/mol. The van der Waals surface area contributed by atoms with Gasteiger partial charge in [-0.1, -0.05) is 64.8 Å². The summed E-state index contributed by atoms with van der Waals surface area (Å²) in [5.74, 6) is 2.13. The predicted octanol–water partition coefficient (Wildman–Crippen LogP) is 6.39. The predicted molar refractivity (Wildman–Crippen MR) is 141 cm³/mol. The number of halogens is 2. The van der Waals surface area contributed by atoms with Gasteiger partial charge in [0.1, 0.15) is 0 Å². The van der Waals surface area contributed by atoms with Crippen molar-refractivity contribution < 1.29 is 14.3 Å². The van der Waals surface area contributed by atoms with Gasteiger partial charge in [0.15, 0.2) is 22.5 Å². The minimum atomic E-state index is -0.476. The van der Waals surface area contributed by atoms with Crippen LogP contribution in [-0.2, 0) is 5.75 Å². The summed E-state index contributed by atoms with van der Waals surface area (Å²) in [4.78, 5) is 13.0. The molecule has 7 nitrogen and oxygen atoms in total. The highest BCUT2D eigenvalue weighted by Crippen LogP contribution is 2.34. The smallest absolute Gasteiger partial charge is 0.252 e. The molecule has 1 aliphatic heterocycles. The van der Waals surface area contributed by atoms with E-state index in [0.717, 1.165) is 0 Å². The third-order valence-electron chi connectivity index (χ3n) is 5.63. The molecule has 1 amide bonds. The molecule has 1 atom stereocenters. The molecule has 0 spiro atoms. The minimum absolute atomic E-state index is 0.144. The van der Waals surface area contributed by atoms with E-state index in [9.17, 15) is 4.79 Å². The summed E-state index contributed by atoms with van der Waals surface area (Å²) >= 11 is 14.3. The van der Waals surface area contributed by atoms with Gasteiger partial charge in [0.05, 0.1) is 16.8 Å². The first kappa shape index (κ1) is 24.5. The van der Waals surface area contributed by atoms with Crippen LogP contribution in [0.4, 0.5) is 0 Å². The highest BCUT2D eigenvalue weighted by molar-refractivity contribution is 7.98. The van der Waals surface area contributed by atoms with Crippen molar-refractivity contribution in [3.8, 4) is 17.2 Å². The topological polar surface area (TPSA) is 78.3 Å². The van der Waals surface area contributed by atoms with E-state index >= 15 is 0 Å². The Bertz CT molecular complexity index is 1440. The number of carbonyl (C=O) groups excluding carboxylic acids is 1. The number of fused-ring (bicyclic) bond motifs is 1. The number of hydrogen-bond donors (Lipinski definition) is 1. The average Bonchev–Trinajstić information content (AvgIpc) is 3.49. The highest BCUT2D eigenvalue weighted by atomic mass is 35.5. The molecule has 0 bridgehead atoms. The second-order valence-corrected chi connectivity index (χ2v) is 10.1. The Morgan fingerprint density at radius 2 is 1.92 bits per heavy atom. The second kappa shape index (κ2) is 10.4. The van der Waals surface area contributed by atoms with E-state index in [1.165, 1.54) is 22.9 Å². The fraction of sp³-hybridized carbons (Fsp3) is 0.192. The fourth-order valence-electron chi connectivity index (χ4n) is 3.88. The van der Waals surface area contributed by atoms with Gasteiger partial charge >= 0.3 is 0 Å². The van der Waals surface area contributed by atoms with Gasteiger partial charge in [0, 0.05) is 16.3 Å². The van der Waals surface area contributed by atoms with Crippen molar-refractivity contribution in [1.29, 1.82) is 0 Å². The second-order valence-electron chi connectivity index (χ2n) is 8.31. The third kappa shape index (κ3) is 5.16. The molecule has 2 heterocycles. The van der Waals surface area contributed by atoms with Gasteiger partial charge in [-0.15, -0.1) is 10.2 Å². The number of rotatable bonds is 7. The number of nitrogens with one attached hydrogen (secondary N) is 1. The molecule has 36 heavy (non-hydrogen) atoms. The number of carbonyl (C=O) groups is 1. The molecule has 10 heteroatoms. The summed E-state index contributed by atoms with van der Waals surface area (Å²) in [6, 6.07) is 18.2. The van der Waals surface area contributed by atoms with Crippen LogP contribution >= 0.6 is 35.0 Å². The summed E-state index contributed by atoms with van der Waals surface area (Å²) in [7, 11) is 0. The van der Waals surface area contributed by atoms with Crippen LogP contribution in [0.3, 0.4) is 0 Å². The zero-order valence-electron chi connectivity index (χ0n) is 19.5. The van der Waals surface area contributed by atoms with Crippen LogP contribution in [-0.4, -0.2) is 27.5 Å². The summed E-state index contributed by atoms with van der Waals surface area (Å²) in [6.07, 6.45) is 0. The van der Waals surface area contributed by atoms with Crippen LogP contribution in [0.25, 0.3) is 5.69 Å². The first-order valence-corrected chi connectivity index (χ1v) is 12.9. The van der Waals surface area contributed by atoms with E-state index in [-0.39, 0.29) is 12.7 Å². The molecule has 0 aliphatic carbocycles. The Kier molecular flexibility index (Phi) is 7.09. The summed E-state index contributed by atoms with van der Waals surface area (Å²) in [6.45, 7) is 4.06. The maximum absolute atomic E-state index is 13.0. The molecule has 1 aliphatic rings. The molecule has 0 radical (unpaired) electrons. The van der Waals surface area contributed by atoms with E-state index in [1.807, 2.05) is 23.6 Å². The number of amides is 1. The molecule has 4 aromatic rings. The van der Waals surface area contributed by atoms with E-state index in [0.29, 0.717) is 49.5 Å². The maximum Gasteiger partial charge on any atom is 0.252 e. The van der Waals surface area contributed by atoms with Crippen molar-refractivity contribution in [2.45, 2.75) is 30.8 Å². The van der Waals surface area contributed by atoms with E-state index < -0.39 is 6.04 Å². The first-order chi connectivity index (χ1) is 17.4. The molecule has 3 aromatic carbocycles. The lowest BCUT2D eigenvalue weighted by atomic mass is 10.1. The van der Waals surface area contributed by atoms with Crippen molar-refractivity contribution in [1.82, 2.24) is 20.1 Å². The van der Waals surface area contributed by atoms with Crippen molar-refractivity contribution in [2.24, 2.45) is 0 Å². The molecule has 0 saturated heterocycles. The Morgan fingerprint density at radius 1 is 1.08 bits per heavy atom. The molecule has 5 rings (SSSR count). The van der Waals surface area contributed by atoms with Gasteiger partial charge < -0.3 is 14.8 Å². The number of benzene rings is 3. The van der Waals surface area contributed by atoms with Gasteiger partial charge in [-0.05, 0) is 55.8 Å². The quantitative estimate of drug-likeness (QED) is 0.273. The summed E-state index contributed by atoms with van der Waals surface area (Å²) < 4.78 is 12.6. The van der Waals surface area contributed by atoms with Gasteiger partial charge in [0.25, 0.3) is 5.91 Å². The SMILES string of the molecule is Cc1cccc(CSc2nnc(C(C)NC(=O)c3ccc4c(c3)OCO4)n2-c2ccc(Cl)cc2Cl)c1. The molecule has 184 valence electrons. The molecule has 1 aromatic heterocycles. The van der Waals surface area contributed by atoms with Crippen LogP contribution in [0.2, 0.25) is 10.0 Å². The molecule has 1 unspecified atom stereocenters. The molecule has 0 saturated carbocycles. The van der Waals surface area contributed by atoms with E-state index in [2.05, 4.69) is 40.6 Å². The fourth-order valence-corrected chi connectivity index (χ4v) is 5.26. The van der Waals surface area contributed by atoms with E-state index in [1.54, 1.807) is 30.3 Å². The van der Waals surface area contributed by atoms with Crippen molar-refractivity contribution in [3.63, 3.8) is 0 Å². The lowest BCUT2D eigenvalue weighted by Gasteiger charge is -2.17. The molecular formula is C26H22Cl2N4O3S. The number of aryl methyl sites for hydroxylation is 1. The Balaban J connectivity index is 1.44. The van der Waals surface area contributed by atoms with Crippen LogP contribution in [0, 0.1) is 6.92 Å². The van der Waals surface area contributed by atoms with Gasteiger partial charge in [-0.2, -0.15) is 0 Å². The number of hydrogen-bond acceptors (Lipinski definition) is 6. The summed E-state index contributed by atoms with van der Waals surface area (Å²) in [5, 5.41) is 13.5. The standard InChI is InChI=1S/C26H22Cl2N4O3S/c1-15-4-3-5-17(10-15)13-36-26-31-30-24(32(26)21-8-7-19(27)12-20(21)28)16(2)29-25(33)18-6-9-22-23(11-18)35-14-34-22/h3-12,16H,13-14H2,1-2H3,(H,29,33). The van der Waals surface area contributed by atoms with Crippen molar-refractivity contribution in [2.75, 3.05) is 6.79 Å². The third-order valence-corrected chi connectivity index (χ3v) is 7.17. The Labute approximate surface area is 222 Å². The Hall–Kier alpha value is -3.20. The number of nitrogens with zero attached hydrogens (tertiary/aromatic N) is 3. The van der Waals surface area contributed by atoms with Crippen LogP contribution in [0.5, 0.6) is 11.5 Å².